The van der Waals surface area contributed by atoms with Crippen LogP contribution in [0.15, 0.2) is 29.1 Å². The maximum atomic E-state index is 12.1. The van der Waals surface area contributed by atoms with Crippen LogP contribution in [0.5, 0.6) is 0 Å². The fourth-order valence-electron chi connectivity index (χ4n) is 1.39. The molecular weight excluding hydrogens is 276 g/mol. The minimum atomic E-state index is -1.36. The van der Waals surface area contributed by atoms with E-state index < -0.39 is 16.7 Å². The summed E-state index contributed by atoms with van der Waals surface area (Å²) in [5, 5.41) is 4.16. The molecule has 2 aromatic rings. The lowest BCUT2D eigenvalue weighted by Crippen LogP contribution is -2.22. The fourth-order valence-corrected chi connectivity index (χ4v) is 4.85. The van der Waals surface area contributed by atoms with Crippen molar-refractivity contribution in [1.82, 2.24) is 4.98 Å². The van der Waals surface area contributed by atoms with E-state index in [1.165, 1.54) is 22.7 Å². The zero-order valence-electron chi connectivity index (χ0n) is 8.74. The van der Waals surface area contributed by atoms with Crippen molar-refractivity contribution in [3.05, 3.63) is 39.0 Å². The SMILES string of the molecule is NC(=O)CS(=O)C(c1cccs1)c1nccs1. The second-order valence-corrected chi connectivity index (χ2v) is 6.68. The Morgan fingerprint density at radius 3 is 2.82 bits per heavy atom. The number of nitrogens with zero attached hydrogens (tertiary/aromatic N) is 1. The first-order chi connectivity index (χ1) is 8.18. The highest BCUT2D eigenvalue weighted by molar-refractivity contribution is 7.86. The van der Waals surface area contributed by atoms with Crippen LogP contribution >= 0.6 is 22.7 Å². The van der Waals surface area contributed by atoms with Gasteiger partial charge >= 0.3 is 0 Å². The molecule has 0 aliphatic heterocycles. The molecule has 4 nitrogen and oxygen atoms in total. The van der Waals surface area contributed by atoms with Crippen LogP contribution in [0.3, 0.4) is 0 Å². The molecule has 0 aromatic carbocycles. The quantitative estimate of drug-likeness (QED) is 0.906. The van der Waals surface area contributed by atoms with Gasteiger partial charge in [-0.3, -0.25) is 9.00 Å². The molecular formula is C10H10N2O2S3. The van der Waals surface area contributed by atoms with E-state index in [4.69, 9.17) is 5.73 Å². The highest BCUT2D eigenvalue weighted by Gasteiger charge is 2.25. The van der Waals surface area contributed by atoms with Crippen LogP contribution in [0.1, 0.15) is 15.1 Å². The van der Waals surface area contributed by atoms with Gasteiger partial charge in [0.2, 0.25) is 5.91 Å². The molecule has 2 rings (SSSR count). The van der Waals surface area contributed by atoms with Crippen LogP contribution in [0.25, 0.3) is 0 Å². The Bertz CT molecular complexity index is 473. The Morgan fingerprint density at radius 1 is 1.47 bits per heavy atom. The molecule has 17 heavy (non-hydrogen) atoms. The van der Waals surface area contributed by atoms with E-state index in [1.807, 2.05) is 22.9 Å². The van der Waals surface area contributed by atoms with E-state index in [1.54, 1.807) is 6.20 Å². The number of carbonyl (C=O) groups excluding carboxylic acids is 1. The number of nitrogens with two attached hydrogens (primary N) is 1. The molecule has 0 fully saturated rings. The van der Waals surface area contributed by atoms with Crippen molar-refractivity contribution in [2.24, 2.45) is 5.73 Å². The van der Waals surface area contributed by atoms with E-state index >= 15 is 0 Å². The summed E-state index contributed by atoms with van der Waals surface area (Å²) in [5.41, 5.74) is 5.09. The minimum Gasteiger partial charge on any atom is -0.369 e. The van der Waals surface area contributed by atoms with E-state index in [0.717, 1.165) is 9.88 Å². The normalized spacial score (nSPS) is 14.4. The number of aromatic nitrogens is 1. The molecule has 90 valence electrons. The van der Waals surface area contributed by atoms with Gasteiger partial charge in [0.1, 0.15) is 16.0 Å². The van der Waals surface area contributed by atoms with Crippen molar-refractivity contribution in [3.8, 4) is 0 Å². The molecule has 0 spiro atoms. The lowest BCUT2D eigenvalue weighted by molar-refractivity contribution is -0.115. The van der Waals surface area contributed by atoms with Crippen molar-refractivity contribution in [2.75, 3.05) is 5.75 Å². The predicted octanol–water partition coefficient (Wildman–Crippen LogP) is 1.53. The number of hydrogen-bond acceptors (Lipinski definition) is 5. The van der Waals surface area contributed by atoms with Crippen molar-refractivity contribution in [1.29, 1.82) is 0 Å². The number of amides is 1. The molecule has 7 heteroatoms. The molecule has 2 unspecified atom stereocenters. The molecule has 0 saturated heterocycles. The number of primary amides is 1. The van der Waals surface area contributed by atoms with Gasteiger partial charge in [0, 0.05) is 27.3 Å². The number of carbonyl (C=O) groups is 1. The molecule has 1 amide bonds. The number of hydrogen-bond donors (Lipinski definition) is 1. The summed E-state index contributed by atoms with van der Waals surface area (Å²) in [5.74, 6) is -0.691. The van der Waals surface area contributed by atoms with Gasteiger partial charge in [0.15, 0.2) is 0 Å². The van der Waals surface area contributed by atoms with Crippen LogP contribution < -0.4 is 5.73 Å². The highest BCUT2D eigenvalue weighted by atomic mass is 32.2. The summed E-state index contributed by atoms with van der Waals surface area (Å²) in [4.78, 5) is 16.0. The average molecular weight is 286 g/mol. The van der Waals surface area contributed by atoms with E-state index in [2.05, 4.69) is 4.98 Å². The van der Waals surface area contributed by atoms with Gasteiger partial charge < -0.3 is 5.73 Å². The summed E-state index contributed by atoms with van der Waals surface area (Å²) in [6.07, 6.45) is 1.67. The van der Waals surface area contributed by atoms with Crippen LogP contribution in [0.4, 0.5) is 0 Å². The summed E-state index contributed by atoms with van der Waals surface area (Å²) >= 11 is 2.94. The van der Waals surface area contributed by atoms with Gasteiger partial charge in [-0.15, -0.1) is 22.7 Å². The zero-order valence-corrected chi connectivity index (χ0v) is 11.2. The maximum Gasteiger partial charge on any atom is 0.230 e. The van der Waals surface area contributed by atoms with Crippen LogP contribution in [0, 0.1) is 0 Å². The first-order valence-electron chi connectivity index (χ1n) is 4.76. The van der Waals surface area contributed by atoms with Gasteiger partial charge in [0.25, 0.3) is 0 Å². The van der Waals surface area contributed by atoms with E-state index in [9.17, 15) is 9.00 Å². The zero-order chi connectivity index (χ0) is 12.3. The van der Waals surface area contributed by atoms with Crippen LogP contribution in [-0.4, -0.2) is 20.9 Å². The first-order valence-corrected chi connectivity index (χ1v) is 7.91. The molecule has 2 atom stereocenters. The maximum absolute atomic E-state index is 12.1. The molecule has 0 bridgehead atoms. The molecule has 2 aromatic heterocycles. The van der Waals surface area contributed by atoms with Crippen LogP contribution in [-0.2, 0) is 15.6 Å². The third-order valence-corrected chi connectivity index (χ3v) is 5.67. The minimum absolute atomic E-state index is 0.137. The second kappa shape index (κ2) is 5.52. The smallest absolute Gasteiger partial charge is 0.230 e. The lowest BCUT2D eigenvalue weighted by atomic mass is 10.3. The number of rotatable bonds is 5. The van der Waals surface area contributed by atoms with E-state index in [-0.39, 0.29) is 11.0 Å². The Kier molecular flexibility index (Phi) is 4.03. The number of thiophene rings is 1. The highest BCUT2D eigenvalue weighted by Crippen LogP contribution is 2.32. The molecule has 0 radical (unpaired) electrons. The Morgan fingerprint density at radius 2 is 2.29 bits per heavy atom. The van der Waals surface area contributed by atoms with Crippen molar-refractivity contribution < 1.29 is 9.00 Å². The van der Waals surface area contributed by atoms with Gasteiger partial charge in [-0.25, -0.2) is 4.98 Å². The third-order valence-electron chi connectivity index (χ3n) is 2.02. The van der Waals surface area contributed by atoms with Crippen molar-refractivity contribution in [2.45, 2.75) is 5.25 Å². The molecule has 2 N–H and O–H groups in total. The first kappa shape index (κ1) is 12.4. The standard InChI is InChI=1S/C10H10N2O2S3/c11-8(13)6-17(14)9(7-2-1-4-15-7)10-12-3-5-16-10/h1-5,9H,6H2,(H2,11,13). The monoisotopic (exact) mass is 286 g/mol. The Hall–Kier alpha value is -1.05. The molecule has 2 heterocycles. The fraction of sp³-hybridized carbons (Fsp3) is 0.200. The molecule has 0 aliphatic rings. The third kappa shape index (κ3) is 2.99. The summed E-state index contributed by atoms with van der Waals surface area (Å²) < 4.78 is 12.1. The van der Waals surface area contributed by atoms with Gasteiger partial charge in [0.05, 0.1) is 0 Å². The summed E-state index contributed by atoms with van der Waals surface area (Å²) in [7, 11) is -1.36. The molecule has 0 saturated carbocycles. The summed E-state index contributed by atoms with van der Waals surface area (Å²) in [6, 6.07) is 3.79. The lowest BCUT2D eigenvalue weighted by Gasteiger charge is -2.11. The molecule has 0 aliphatic carbocycles. The number of thiazole rings is 1. The van der Waals surface area contributed by atoms with Crippen molar-refractivity contribution in [3.63, 3.8) is 0 Å². The van der Waals surface area contributed by atoms with Crippen molar-refractivity contribution >= 4 is 39.4 Å². The van der Waals surface area contributed by atoms with Gasteiger partial charge in [-0.05, 0) is 11.4 Å². The Labute approximate surface area is 109 Å². The predicted molar refractivity (Wildman–Crippen MR) is 70.5 cm³/mol. The average Bonchev–Trinajstić information content (AvgIpc) is 2.88. The van der Waals surface area contributed by atoms with Gasteiger partial charge in [-0.1, -0.05) is 6.07 Å². The second-order valence-electron chi connectivity index (χ2n) is 3.26. The van der Waals surface area contributed by atoms with Gasteiger partial charge in [-0.2, -0.15) is 0 Å². The Balaban J connectivity index is 2.32. The topological polar surface area (TPSA) is 73.1 Å². The van der Waals surface area contributed by atoms with E-state index in [0.29, 0.717) is 0 Å². The largest absolute Gasteiger partial charge is 0.369 e. The summed E-state index contributed by atoms with van der Waals surface area (Å²) in [6.45, 7) is 0. The van der Waals surface area contributed by atoms with Crippen LogP contribution in [0.2, 0.25) is 0 Å².